The normalized spacial score (nSPS) is 15.8. The smallest absolute Gasteiger partial charge is 0.342 e. The van der Waals surface area contributed by atoms with Crippen LogP contribution in [0.1, 0.15) is 65.7 Å². The number of nitrogens with one attached hydrogen (secondary N) is 2. The number of allylic oxidation sites excluding steroid dienone is 2. The molecule has 1 fully saturated rings. The third-order valence-corrected chi connectivity index (χ3v) is 7.06. The number of amides is 4. The maximum atomic E-state index is 12.0. The van der Waals surface area contributed by atoms with Gasteiger partial charge in [0, 0.05) is 17.5 Å². The number of hydrogen-bond acceptors (Lipinski definition) is 8. The number of carboxylic acids is 1. The molecule has 0 bridgehead atoms. The van der Waals surface area contributed by atoms with Crippen LogP contribution < -0.4 is 15.4 Å². The Hall–Kier alpha value is -4.67. The minimum Gasteiger partial charge on any atom is -0.507 e. The molecular weight excluding hydrogens is 520 g/mol. The zero-order chi connectivity index (χ0) is 29.6. The van der Waals surface area contributed by atoms with E-state index in [0.717, 1.165) is 11.1 Å². The van der Waals surface area contributed by atoms with Gasteiger partial charge in [0.25, 0.3) is 0 Å². The van der Waals surface area contributed by atoms with E-state index in [2.05, 4.69) is 10.6 Å². The molecule has 11 heteroatoms. The molecule has 2 aromatic carbocycles. The highest BCUT2D eigenvalue weighted by atomic mass is 16.5. The largest absolute Gasteiger partial charge is 0.507 e. The molecule has 212 valence electrons. The molecule has 1 saturated heterocycles. The van der Waals surface area contributed by atoms with Crippen LogP contribution in [0.2, 0.25) is 0 Å². The van der Waals surface area contributed by atoms with Gasteiger partial charge in [-0.3, -0.25) is 25.0 Å². The molecule has 0 radical (unpaired) electrons. The second kappa shape index (κ2) is 12.5. The summed E-state index contributed by atoms with van der Waals surface area (Å²) in [4.78, 5) is 57.4. The molecule has 40 heavy (non-hydrogen) atoms. The number of carbonyl (C=O) groups excluding carboxylic acids is 4. The monoisotopic (exact) mass is 552 g/mol. The lowest BCUT2D eigenvalue weighted by molar-refractivity contribution is -0.139. The van der Waals surface area contributed by atoms with Gasteiger partial charge in [-0.25, -0.2) is 9.59 Å². The van der Waals surface area contributed by atoms with Crippen LogP contribution in [0, 0.1) is 6.92 Å². The van der Waals surface area contributed by atoms with Crippen molar-refractivity contribution in [2.45, 2.75) is 58.5 Å². The summed E-state index contributed by atoms with van der Waals surface area (Å²) in [7, 11) is 1.51. The molecule has 0 unspecified atom stereocenters. The molecule has 11 nitrogen and oxygen atoms in total. The quantitative estimate of drug-likeness (QED) is 0.218. The molecule has 2 aliphatic rings. The van der Waals surface area contributed by atoms with E-state index in [1.54, 1.807) is 37.3 Å². The predicted octanol–water partition coefficient (Wildman–Crippen LogP) is 3.43. The Balaban J connectivity index is 0.000000230. The number of phenols is 1. The molecule has 2 aliphatic heterocycles. The highest BCUT2D eigenvalue weighted by molar-refractivity contribution is 6.22. The van der Waals surface area contributed by atoms with Crippen molar-refractivity contribution in [3.63, 3.8) is 0 Å². The van der Waals surface area contributed by atoms with Gasteiger partial charge in [0.2, 0.25) is 11.8 Å². The van der Waals surface area contributed by atoms with E-state index in [4.69, 9.17) is 14.6 Å². The first-order chi connectivity index (χ1) is 19.0. The van der Waals surface area contributed by atoms with Crippen molar-refractivity contribution in [3.8, 4) is 11.5 Å². The minimum absolute atomic E-state index is 0.0565. The number of barbiturate groups is 1. The summed E-state index contributed by atoms with van der Waals surface area (Å²) in [5.41, 5.74) is 2.32. The fourth-order valence-corrected chi connectivity index (χ4v) is 4.77. The van der Waals surface area contributed by atoms with Crippen molar-refractivity contribution in [3.05, 3.63) is 69.8 Å². The van der Waals surface area contributed by atoms with Crippen LogP contribution in [-0.4, -0.2) is 47.1 Å². The number of benzene rings is 2. The van der Waals surface area contributed by atoms with Gasteiger partial charge in [-0.05, 0) is 44.2 Å². The first-order valence-corrected chi connectivity index (χ1v) is 12.7. The number of carbonyl (C=O) groups is 5. The van der Waals surface area contributed by atoms with E-state index in [9.17, 15) is 29.1 Å². The van der Waals surface area contributed by atoms with E-state index in [1.165, 1.54) is 7.11 Å². The fourth-order valence-electron chi connectivity index (χ4n) is 4.77. The Bertz CT molecular complexity index is 1360. The average molecular weight is 553 g/mol. The number of imide groups is 2. The van der Waals surface area contributed by atoms with E-state index < -0.39 is 35.2 Å². The Morgan fingerprint density at radius 2 is 1.73 bits per heavy atom. The zero-order valence-electron chi connectivity index (χ0n) is 22.8. The Morgan fingerprint density at radius 3 is 2.27 bits per heavy atom. The van der Waals surface area contributed by atoms with E-state index in [-0.39, 0.29) is 24.3 Å². The van der Waals surface area contributed by atoms with Crippen LogP contribution in [0.5, 0.6) is 11.5 Å². The van der Waals surface area contributed by atoms with Gasteiger partial charge in [-0.2, -0.15) is 0 Å². The summed E-state index contributed by atoms with van der Waals surface area (Å²) < 4.78 is 10.4. The molecule has 0 aliphatic carbocycles. The molecule has 4 amide bonds. The van der Waals surface area contributed by atoms with Crippen molar-refractivity contribution < 1.29 is 43.7 Å². The Labute approximate surface area is 231 Å². The Morgan fingerprint density at radius 1 is 1.10 bits per heavy atom. The third-order valence-electron chi connectivity index (χ3n) is 7.06. The summed E-state index contributed by atoms with van der Waals surface area (Å²) in [6.45, 7) is 5.53. The van der Waals surface area contributed by atoms with Crippen LogP contribution in [0.15, 0.2) is 42.0 Å². The van der Waals surface area contributed by atoms with E-state index in [0.29, 0.717) is 41.7 Å². The van der Waals surface area contributed by atoms with Gasteiger partial charge in [-0.15, -0.1) is 0 Å². The molecular formula is C29H32N2O9. The number of esters is 1. The number of rotatable bonds is 8. The molecule has 0 atom stereocenters. The molecule has 2 heterocycles. The van der Waals surface area contributed by atoms with Crippen LogP contribution in [-0.2, 0) is 37.6 Å². The summed E-state index contributed by atoms with van der Waals surface area (Å²) >= 11 is 0. The number of methoxy groups -OCH3 is 1. The molecule has 0 aromatic heterocycles. The number of hydrogen-bond donors (Lipinski definition) is 4. The number of phenolic OH excluding ortho intramolecular Hbond substituents is 1. The van der Waals surface area contributed by atoms with Crippen LogP contribution >= 0.6 is 0 Å². The maximum absolute atomic E-state index is 12.0. The van der Waals surface area contributed by atoms with Crippen molar-refractivity contribution >= 4 is 29.8 Å². The van der Waals surface area contributed by atoms with Crippen molar-refractivity contribution in [2.75, 3.05) is 7.11 Å². The van der Waals surface area contributed by atoms with Crippen molar-refractivity contribution in [2.24, 2.45) is 0 Å². The lowest BCUT2D eigenvalue weighted by atomic mass is 9.75. The highest BCUT2D eigenvalue weighted by Crippen LogP contribution is 2.42. The van der Waals surface area contributed by atoms with Gasteiger partial charge < -0.3 is 19.7 Å². The summed E-state index contributed by atoms with van der Waals surface area (Å²) in [5, 5.41) is 23.4. The lowest BCUT2D eigenvalue weighted by Crippen LogP contribution is -2.64. The average Bonchev–Trinajstić information content (AvgIpc) is 3.31. The highest BCUT2D eigenvalue weighted by Gasteiger charge is 2.50. The molecule has 2 aromatic rings. The maximum Gasteiger partial charge on any atom is 0.342 e. The van der Waals surface area contributed by atoms with Gasteiger partial charge in [0.15, 0.2) is 5.41 Å². The van der Waals surface area contributed by atoms with Gasteiger partial charge in [-0.1, -0.05) is 48.9 Å². The van der Waals surface area contributed by atoms with Crippen LogP contribution in [0.25, 0.3) is 0 Å². The first-order valence-electron chi connectivity index (χ1n) is 12.7. The summed E-state index contributed by atoms with van der Waals surface area (Å²) in [6.07, 6.45) is 2.97. The van der Waals surface area contributed by atoms with E-state index in [1.807, 2.05) is 19.9 Å². The predicted molar refractivity (Wildman–Crippen MR) is 143 cm³/mol. The van der Waals surface area contributed by atoms with Crippen molar-refractivity contribution in [1.82, 2.24) is 10.6 Å². The topological polar surface area (TPSA) is 168 Å². The Kier molecular flexibility index (Phi) is 9.31. The number of fused-ring (bicyclic) bond motifs is 1. The second-order valence-corrected chi connectivity index (χ2v) is 9.43. The zero-order valence-corrected chi connectivity index (χ0v) is 22.8. The second-order valence-electron chi connectivity index (χ2n) is 9.43. The van der Waals surface area contributed by atoms with Crippen LogP contribution in [0.4, 0.5) is 4.79 Å². The number of aromatic hydroxyl groups is 1. The van der Waals surface area contributed by atoms with Gasteiger partial charge in [0.1, 0.15) is 23.7 Å². The van der Waals surface area contributed by atoms with Gasteiger partial charge >= 0.3 is 18.0 Å². The third kappa shape index (κ3) is 5.83. The molecule has 4 N–H and O–H groups in total. The number of ether oxygens (including phenoxy) is 2. The number of urea groups is 1. The summed E-state index contributed by atoms with van der Waals surface area (Å²) in [6, 6.07) is 7.96. The van der Waals surface area contributed by atoms with Gasteiger partial charge in [0.05, 0.1) is 7.11 Å². The van der Waals surface area contributed by atoms with E-state index >= 15 is 0 Å². The standard InChI is InChI=1S/C17H20O6.C12H12N2O3/c1-9(5-7-13(18)19)4-6-11-15(20)14-12(8-23-17(14)21)10(2)16(11)22-3;1-2-12(8-6-4-3-5-7-8)9(15)13-11(17)14-10(12)16/h4,20H,5-8H2,1-3H3,(H,18,19);3-7H,2H2,1H3,(H2,13,14,15,16,17)/b9-4+;. The SMILES string of the molecule is CCC1(c2ccccc2)C(=O)NC(=O)NC1=O.COc1c(C)c2c(c(O)c1C/C=C(\C)CCC(=O)O)C(=O)OC2. The molecule has 0 saturated carbocycles. The summed E-state index contributed by atoms with van der Waals surface area (Å²) in [5.74, 6) is -2.11. The minimum atomic E-state index is -1.31. The number of carboxylic acid groups (broad SMARTS) is 1. The van der Waals surface area contributed by atoms with Crippen LogP contribution in [0.3, 0.4) is 0 Å². The number of aliphatic carboxylic acids is 1. The number of cyclic esters (lactones) is 1. The fraction of sp³-hybridized carbons (Fsp3) is 0.345. The molecule has 0 spiro atoms. The first kappa shape index (κ1) is 29.9. The molecule has 4 rings (SSSR count). The van der Waals surface area contributed by atoms with Crippen molar-refractivity contribution in [1.29, 1.82) is 0 Å². The lowest BCUT2D eigenvalue weighted by Gasteiger charge is -2.33.